The largest absolute Gasteiger partial charge is 0.397 e. The van der Waals surface area contributed by atoms with E-state index in [0.29, 0.717) is 27.6 Å². The number of carbonyl (C=O) groups excluding carboxylic acids is 1. The number of hydrogen-bond donors (Lipinski definition) is 2. The zero-order valence-corrected chi connectivity index (χ0v) is 12.2. The predicted molar refractivity (Wildman–Crippen MR) is 79.2 cm³/mol. The molecule has 0 atom stereocenters. The van der Waals surface area contributed by atoms with Gasteiger partial charge in [-0.2, -0.15) is 0 Å². The zero-order valence-electron chi connectivity index (χ0n) is 10.6. The lowest BCUT2D eigenvalue weighted by atomic mass is 10.3. The monoisotopic (exact) mass is 337 g/mol. The maximum Gasteiger partial charge on any atom is 0.272 e. The Morgan fingerprint density at radius 3 is 2.85 bits per heavy atom. The highest BCUT2D eigenvalue weighted by Gasteiger charge is 2.27. The van der Waals surface area contributed by atoms with Crippen molar-refractivity contribution in [3.63, 3.8) is 0 Å². The lowest BCUT2D eigenvalue weighted by Crippen LogP contribution is -2.16. The molecule has 0 aliphatic heterocycles. The van der Waals surface area contributed by atoms with Gasteiger partial charge in [0.2, 0.25) is 0 Å². The molecule has 1 aliphatic rings. The SMILES string of the molecule is Nc1cc(C(=O)Nc2cc(F)ccc2Br)n(C2CC2)c1. The third kappa shape index (κ3) is 2.56. The highest BCUT2D eigenvalue weighted by atomic mass is 79.9. The molecule has 1 aromatic carbocycles. The molecule has 1 fully saturated rings. The normalized spacial score (nSPS) is 14.3. The molecule has 0 unspecified atom stereocenters. The van der Waals surface area contributed by atoms with Crippen molar-refractivity contribution in [1.29, 1.82) is 0 Å². The van der Waals surface area contributed by atoms with Gasteiger partial charge in [0.15, 0.2) is 0 Å². The number of hydrogen-bond acceptors (Lipinski definition) is 2. The van der Waals surface area contributed by atoms with E-state index >= 15 is 0 Å². The van der Waals surface area contributed by atoms with Crippen LogP contribution in [-0.4, -0.2) is 10.5 Å². The van der Waals surface area contributed by atoms with Crippen LogP contribution in [0.15, 0.2) is 34.9 Å². The molecule has 3 N–H and O–H groups in total. The Balaban J connectivity index is 1.87. The van der Waals surface area contributed by atoms with Gasteiger partial charge in [-0.25, -0.2) is 4.39 Å². The summed E-state index contributed by atoms with van der Waals surface area (Å²) >= 11 is 3.28. The summed E-state index contributed by atoms with van der Waals surface area (Å²) in [5, 5.41) is 2.70. The van der Waals surface area contributed by atoms with Gasteiger partial charge in [-0.3, -0.25) is 4.79 Å². The zero-order chi connectivity index (χ0) is 14.3. The number of nitrogens with two attached hydrogens (primary N) is 1. The molecule has 0 radical (unpaired) electrons. The van der Waals surface area contributed by atoms with Crippen molar-refractivity contribution >= 4 is 33.2 Å². The molecule has 6 heteroatoms. The van der Waals surface area contributed by atoms with E-state index in [1.807, 2.05) is 4.57 Å². The van der Waals surface area contributed by atoms with Gasteiger partial charge in [0, 0.05) is 16.7 Å². The van der Waals surface area contributed by atoms with Crippen molar-refractivity contribution in [1.82, 2.24) is 4.57 Å². The quantitative estimate of drug-likeness (QED) is 0.899. The molecule has 1 aromatic heterocycles. The van der Waals surface area contributed by atoms with E-state index < -0.39 is 5.82 Å². The molecular formula is C14H13BrFN3O. The van der Waals surface area contributed by atoms with Crippen LogP contribution in [0.1, 0.15) is 29.4 Å². The summed E-state index contributed by atoms with van der Waals surface area (Å²) in [6.45, 7) is 0. The van der Waals surface area contributed by atoms with Gasteiger partial charge >= 0.3 is 0 Å². The number of aromatic nitrogens is 1. The van der Waals surface area contributed by atoms with E-state index in [1.54, 1.807) is 18.3 Å². The summed E-state index contributed by atoms with van der Waals surface area (Å²) < 4.78 is 15.7. The van der Waals surface area contributed by atoms with Crippen LogP contribution in [0.3, 0.4) is 0 Å². The number of rotatable bonds is 3. The molecule has 2 aromatic rings. The van der Waals surface area contributed by atoms with Crippen LogP contribution in [-0.2, 0) is 0 Å². The van der Waals surface area contributed by atoms with Crippen LogP contribution < -0.4 is 11.1 Å². The van der Waals surface area contributed by atoms with E-state index in [1.165, 1.54) is 12.1 Å². The predicted octanol–water partition coefficient (Wildman–Crippen LogP) is 3.56. The van der Waals surface area contributed by atoms with Crippen LogP contribution in [0.4, 0.5) is 15.8 Å². The van der Waals surface area contributed by atoms with Gasteiger partial charge in [0.05, 0.1) is 11.4 Å². The minimum absolute atomic E-state index is 0.292. The Morgan fingerprint density at radius 2 is 2.15 bits per heavy atom. The molecule has 3 rings (SSSR count). The summed E-state index contributed by atoms with van der Waals surface area (Å²) in [5.74, 6) is -0.694. The van der Waals surface area contributed by atoms with Gasteiger partial charge in [0.1, 0.15) is 11.5 Å². The molecule has 0 bridgehead atoms. The van der Waals surface area contributed by atoms with Crippen LogP contribution in [0.5, 0.6) is 0 Å². The fourth-order valence-corrected chi connectivity index (χ4v) is 2.46. The first-order chi connectivity index (χ1) is 9.54. The molecule has 4 nitrogen and oxygen atoms in total. The number of nitrogens with zero attached hydrogens (tertiary/aromatic N) is 1. The molecule has 1 aliphatic carbocycles. The molecule has 1 heterocycles. The van der Waals surface area contributed by atoms with Gasteiger partial charge in [-0.05, 0) is 53.0 Å². The van der Waals surface area contributed by atoms with Crippen LogP contribution in [0.25, 0.3) is 0 Å². The second-order valence-corrected chi connectivity index (χ2v) is 5.73. The van der Waals surface area contributed by atoms with Gasteiger partial charge in [-0.15, -0.1) is 0 Å². The standard InChI is InChI=1S/C14H13BrFN3O/c15-11-4-1-8(16)5-12(11)18-14(20)13-6-9(17)7-19(13)10-2-3-10/h1,4-7,10H,2-3,17H2,(H,18,20). The number of benzene rings is 1. The first kappa shape index (κ1) is 13.2. The molecule has 1 saturated carbocycles. The molecule has 1 amide bonds. The smallest absolute Gasteiger partial charge is 0.272 e. The number of nitrogen functional groups attached to an aromatic ring is 1. The summed E-state index contributed by atoms with van der Waals surface area (Å²) in [5.41, 5.74) is 7.22. The fraction of sp³-hybridized carbons (Fsp3) is 0.214. The molecule has 0 saturated heterocycles. The van der Waals surface area contributed by atoms with Crippen molar-refractivity contribution in [3.8, 4) is 0 Å². The maximum absolute atomic E-state index is 13.2. The summed E-state index contributed by atoms with van der Waals surface area (Å²) in [6.07, 6.45) is 3.88. The Bertz CT molecular complexity index is 679. The average molecular weight is 338 g/mol. The first-order valence-electron chi connectivity index (χ1n) is 6.28. The van der Waals surface area contributed by atoms with Crippen molar-refractivity contribution in [3.05, 3.63) is 46.4 Å². The third-order valence-corrected chi connectivity index (χ3v) is 3.91. The van der Waals surface area contributed by atoms with Crippen LogP contribution in [0, 0.1) is 5.82 Å². The number of anilines is 2. The molecule has 104 valence electrons. The summed E-state index contributed by atoms with van der Waals surface area (Å²) in [7, 11) is 0. The van der Waals surface area contributed by atoms with Gasteiger partial charge in [-0.1, -0.05) is 0 Å². The van der Waals surface area contributed by atoms with Crippen LogP contribution >= 0.6 is 15.9 Å². The van der Waals surface area contributed by atoms with Crippen molar-refractivity contribution in [2.45, 2.75) is 18.9 Å². The number of nitrogens with one attached hydrogen (secondary N) is 1. The summed E-state index contributed by atoms with van der Waals surface area (Å²) in [4.78, 5) is 12.3. The Morgan fingerprint density at radius 1 is 1.40 bits per heavy atom. The maximum atomic E-state index is 13.2. The Hall–Kier alpha value is -1.82. The number of halogens is 2. The Kier molecular flexibility index (Phi) is 3.25. The average Bonchev–Trinajstić information content (AvgIpc) is 3.17. The van der Waals surface area contributed by atoms with Crippen LogP contribution in [0.2, 0.25) is 0 Å². The molecule has 0 spiro atoms. The second-order valence-electron chi connectivity index (χ2n) is 4.88. The van der Waals surface area contributed by atoms with E-state index in [0.717, 1.165) is 12.8 Å². The first-order valence-corrected chi connectivity index (χ1v) is 7.07. The highest BCUT2D eigenvalue weighted by Crippen LogP contribution is 2.37. The summed E-state index contributed by atoms with van der Waals surface area (Å²) in [6, 6.07) is 6.14. The van der Waals surface area contributed by atoms with E-state index in [-0.39, 0.29) is 5.91 Å². The van der Waals surface area contributed by atoms with Gasteiger partial charge < -0.3 is 15.6 Å². The fourth-order valence-electron chi connectivity index (χ4n) is 2.12. The molecular weight excluding hydrogens is 325 g/mol. The lowest BCUT2D eigenvalue weighted by molar-refractivity contribution is 0.101. The minimum Gasteiger partial charge on any atom is -0.397 e. The van der Waals surface area contributed by atoms with E-state index in [4.69, 9.17) is 5.73 Å². The highest BCUT2D eigenvalue weighted by molar-refractivity contribution is 9.10. The van der Waals surface area contributed by atoms with Crippen molar-refractivity contribution in [2.75, 3.05) is 11.1 Å². The van der Waals surface area contributed by atoms with Crippen molar-refractivity contribution < 1.29 is 9.18 Å². The number of carbonyl (C=O) groups is 1. The second kappa shape index (κ2) is 4.94. The Labute approximate surface area is 123 Å². The van der Waals surface area contributed by atoms with Crippen molar-refractivity contribution in [2.24, 2.45) is 0 Å². The minimum atomic E-state index is -0.402. The topological polar surface area (TPSA) is 60.1 Å². The third-order valence-electron chi connectivity index (χ3n) is 3.22. The molecule has 20 heavy (non-hydrogen) atoms. The number of amides is 1. The van der Waals surface area contributed by atoms with E-state index in [9.17, 15) is 9.18 Å². The lowest BCUT2D eigenvalue weighted by Gasteiger charge is -2.10. The van der Waals surface area contributed by atoms with E-state index in [2.05, 4.69) is 21.2 Å². The van der Waals surface area contributed by atoms with Gasteiger partial charge in [0.25, 0.3) is 5.91 Å².